The second-order valence-electron chi connectivity index (χ2n) is 10.2. The minimum atomic E-state index is -4.02. The van der Waals surface area contributed by atoms with Gasteiger partial charge >= 0.3 is 0 Å². The zero-order valence-corrected chi connectivity index (χ0v) is 25.8. The van der Waals surface area contributed by atoms with Crippen molar-refractivity contribution in [2.45, 2.75) is 51.7 Å². The molecule has 0 saturated carbocycles. The SMILES string of the molecule is CNS(=O)(=O)c1cccc(OC[C@@H](O)CNC2COC3(CCN(S(=O)(=O)c4cc(S(C)(=O)=O)ccc4Cl)CC3)C2)c1. The Kier molecular flexibility index (Phi) is 9.73. The van der Waals surface area contributed by atoms with Crippen molar-refractivity contribution in [3.63, 3.8) is 0 Å². The summed E-state index contributed by atoms with van der Waals surface area (Å²) < 4.78 is 89.6. The summed E-state index contributed by atoms with van der Waals surface area (Å²) in [5, 5.41) is 13.6. The fourth-order valence-electron chi connectivity index (χ4n) is 4.91. The highest BCUT2D eigenvalue weighted by Crippen LogP contribution is 2.38. The van der Waals surface area contributed by atoms with Crippen LogP contribution >= 0.6 is 11.6 Å². The predicted octanol–water partition coefficient (Wildman–Crippen LogP) is 0.993. The van der Waals surface area contributed by atoms with Gasteiger partial charge in [0.05, 0.1) is 27.0 Å². The molecule has 2 saturated heterocycles. The smallest absolute Gasteiger partial charge is 0.244 e. The van der Waals surface area contributed by atoms with Gasteiger partial charge in [0.25, 0.3) is 0 Å². The van der Waals surface area contributed by atoms with Crippen LogP contribution in [0.1, 0.15) is 19.3 Å². The van der Waals surface area contributed by atoms with Crippen LogP contribution in [0.3, 0.4) is 0 Å². The van der Waals surface area contributed by atoms with Gasteiger partial charge in [0.2, 0.25) is 20.0 Å². The molecular weight excluding hydrogens is 618 g/mol. The third kappa shape index (κ3) is 7.58. The minimum Gasteiger partial charge on any atom is -0.491 e. The molecule has 0 aromatic heterocycles. The van der Waals surface area contributed by atoms with Crippen molar-refractivity contribution in [3.8, 4) is 5.75 Å². The Labute approximate surface area is 246 Å². The number of halogens is 1. The Balaban J connectivity index is 1.27. The lowest BCUT2D eigenvalue weighted by molar-refractivity contribution is -0.0312. The molecule has 2 heterocycles. The van der Waals surface area contributed by atoms with Gasteiger partial charge in [0, 0.05) is 38.0 Å². The number of rotatable bonds is 11. The van der Waals surface area contributed by atoms with Crippen LogP contribution in [0.4, 0.5) is 0 Å². The topological polar surface area (TPSA) is 168 Å². The van der Waals surface area contributed by atoms with Crippen LogP contribution in [0.5, 0.6) is 5.75 Å². The first kappa shape index (κ1) is 32.1. The Morgan fingerprint density at radius 2 is 1.80 bits per heavy atom. The highest BCUT2D eigenvalue weighted by atomic mass is 35.5. The maximum absolute atomic E-state index is 13.3. The third-order valence-electron chi connectivity index (χ3n) is 7.26. The molecule has 2 aliphatic heterocycles. The molecule has 0 aliphatic carbocycles. The Bertz CT molecular complexity index is 1580. The van der Waals surface area contributed by atoms with E-state index in [0.717, 1.165) is 12.3 Å². The van der Waals surface area contributed by atoms with Crippen molar-refractivity contribution in [2.75, 3.05) is 46.2 Å². The molecule has 2 fully saturated rings. The molecule has 12 nitrogen and oxygen atoms in total. The molecule has 41 heavy (non-hydrogen) atoms. The number of aliphatic hydroxyl groups excluding tert-OH is 1. The van der Waals surface area contributed by atoms with E-state index in [1.54, 1.807) is 12.1 Å². The highest BCUT2D eigenvalue weighted by molar-refractivity contribution is 7.91. The minimum absolute atomic E-state index is 0.0442. The Hall–Kier alpha value is -1.82. The summed E-state index contributed by atoms with van der Waals surface area (Å²) in [5.41, 5.74) is -0.511. The van der Waals surface area contributed by atoms with Crippen molar-refractivity contribution in [1.82, 2.24) is 14.3 Å². The fourth-order valence-corrected chi connectivity index (χ4v) is 8.34. The second kappa shape index (κ2) is 12.4. The normalized spacial score (nSPS) is 20.7. The van der Waals surface area contributed by atoms with Crippen molar-refractivity contribution in [1.29, 1.82) is 0 Å². The maximum Gasteiger partial charge on any atom is 0.244 e. The molecule has 4 rings (SSSR count). The first-order chi connectivity index (χ1) is 19.1. The lowest BCUT2D eigenvalue weighted by Gasteiger charge is -2.38. The van der Waals surface area contributed by atoms with Crippen LogP contribution < -0.4 is 14.8 Å². The molecule has 0 amide bonds. The van der Waals surface area contributed by atoms with Gasteiger partial charge < -0.3 is 19.9 Å². The van der Waals surface area contributed by atoms with Gasteiger partial charge in [-0.25, -0.2) is 30.0 Å². The van der Waals surface area contributed by atoms with Gasteiger partial charge in [-0.2, -0.15) is 4.31 Å². The molecule has 2 aromatic rings. The highest BCUT2D eigenvalue weighted by Gasteiger charge is 2.45. The van der Waals surface area contributed by atoms with Gasteiger partial charge in [-0.1, -0.05) is 17.7 Å². The number of sulfonamides is 2. The van der Waals surface area contributed by atoms with Crippen LogP contribution in [0.25, 0.3) is 0 Å². The van der Waals surface area contributed by atoms with E-state index in [1.807, 2.05) is 0 Å². The standard InChI is InChI=1S/C25H34ClN3O9S3/c1-27-40(33,34)22-5-3-4-20(12-22)37-17-19(30)15-28-18-14-25(38-16-18)8-10-29(11-9-25)41(35,36)24-13-21(39(2,31)32)6-7-23(24)26/h3-7,12-13,18-19,27-28,30H,8-11,14-17H2,1-2H3/t18?,19-/m0/s1. The van der Waals surface area contributed by atoms with Crippen LogP contribution in [0.2, 0.25) is 5.02 Å². The van der Waals surface area contributed by atoms with Gasteiger partial charge in [-0.05, 0) is 56.6 Å². The summed E-state index contributed by atoms with van der Waals surface area (Å²) in [5.74, 6) is 0.314. The van der Waals surface area contributed by atoms with E-state index in [2.05, 4.69) is 10.0 Å². The number of ether oxygens (including phenoxy) is 2. The van der Waals surface area contributed by atoms with Crippen molar-refractivity contribution < 1.29 is 39.8 Å². The van der Waals surface area contributed by atoms with Crippen LogP contribution in [0.15, 0.2) is 57.2 Å². The van der Waals surface area contributed by atoms with E-state index in [0.29, 0.717) is 31.6 Å². The molecule has 2 aliphatic rings. The van der Waals surface area contributed by atoms with Crippen molar-refractivity contribution in [3.05, 3.63) is 47.5 Å². The number of piperidine rings is 1. The van der Waals surface area contributed by atoms with Crippen LogP contribution in [-0.4, -0.2) is 98.6 Å². The molecule has 228 valence electrons. The number of nitrogens with one attached hydrogen (secondary N) is 2. The average molecular weight is 652 g/mol. The van der Waals surface area contributed by atoms with E-state index in [-0.39, 0.29) is 52.0 Å². The van der Waals surface area contributed by atoms with Crippen LogP contribution in [-0.2, 0) is 34.6 Å². The summed E-state index contributed by atoms with van der Waals surface area (Å²) in [6.07, 6.45) is 1.67. The van der Waals surface area contributed by atoms with E-state index >= 15 is 0 Å². The monoisotopic (exact) mass is 651 g/mol. The van der Waals surface area contributed by atoms with Crippen molar-refractivity contribution in [2.24, 2.45) is 0 Å². The molecular formula is C25H34ClN3O9S3. The van der Waals surface area contributed by atoms with E-state index in [4.69, 9.17) is 21.1 Å². The van der Waals surface area contributed by atoms with Gasteiger partial charge in [0.1, 0.15) is 23.4 Å². The molecule has 2 aromatic carbocycles. The number of hydrogen-bond acceptors (Lipinski definition) is 10. The predicted molar refractivity (Wildman–Crippen MR) is 152 cm³/mol. The molecule has 1 unspecified atom stereocenters. The number of nitrogens with zero attached hydrogens (tertiary/aromatic N) is 1. The molecule has 16 heteroatoms. The van der Waals surface area contributed by atoms with E-state index < -0.39 is 41.6 Å². The molecule has 1 spiro atoms. The molecule has 0 bridgehead atoms. The first-order valence-electron chi connectivity index (χ1n) is 12.9. The number of sulfone groups is 1. The van der Waals surface area contributed by atoms with E-state index in [1.165, 1.54) is 35.6 Å². The van der Waals surface area contributed by atoms with Crippen LogP contribution in [0, 0.1) is 0 Å². The zero-order valence-electron chi connectivity index (χ0n) is 22.6. The number of benzene rings is 2. The second-order valence-corrected chi connectivity index (χ2v) is 16.4. The van der Waals surface area contributed by atoms with Gasteiger partial charge in [0.15, 0.2) is 9.84 Å². The zero-order chi connectivity index (χ0) is 30.1. The van der Waals surface area contributed by atoms with Gasteiger partial charge in [-0.15, -0.1) is 0 Å². The average Bonchev–Trinajstić information content (AvgIpc) is 3.32. The van der Waals surface area contributed by atoms with Gasteiger partial charge in [-0.3, -0.25) is 0 Å². The molecule has 3 N–H and O–H groups in total. The Morgan fingerprint density at radius 1 is 1.10 bits per heavy atom. The maximum atomic E-state index is 13.3. The van der Waals surface area contributed by atoms with E-state index in [9.17, 15) is 30.4 Å². The number of hydrogen-bond donors (Lipinski definition) is 3. The fraction of sp³-hybridized carbons (Fsp3) is 0.520. The lowest BCUT2D eigenvalue weighted by Crippen LogP contribution is -2.47. The summed E-state index contributed by atoms with van der Waals surface area (Å²) >= 11 is 6.15. The Morgan fingerprint density at radius 3 is 2.46 bits per heavy atom. The third-order valence-corrected chi connectivity index (χ3v) is 12.2. The number of aliphatic hydroxyl groups is 1. The summed E-state index contributed by atoms with van der Waals surface area (Å²) in [6, 6.07) is 9.57. The summed E-state index contributed by atoms with van der Waals surface area (Å²) in [7, 11) is -9.92. The largest absolute Gasteiger partial charge is 0.491 e. The summed E-state index contributed by atoms with van der Waals surface area (Å²) in [6.45, 7) is 0.937. The molecule has 2 atom stereocenters. The quantitative estimate of drug-likeness (QED) is 0.319. The van der Waals surface area contributed by atoms with Crippen molar-refractivity contribution >= 4 is 41.5 Å². The first-order valence-corrected chi connectivity index (χ1v) is 18.1. The molecule has 0 radical (unpaired) electrons. The summed E-state index contributed by atoms with van der Waals surface area (Å²) in [4.78, 5) is -0.302. The lowest BCUT2D eigenvalue weighted by atomic mass is 9.88.